The molecule has 2 aromatic rings. The lowest BCUT2D eigenvalue weighted by atomic mass is 10.2. The minimum Gasteiger partial charge on any atom is -0.249 e. The van der Waals surface area contributed by atoms with E-state index in [0.717, 1.165) is 17.7 Å². The third-order valence-corrected chi connectivity index (χ3v) is 3.03. The third-order valence-electron chi connectivity index (χ3n) is 3.03. The van der Waals surface area contributed by atoms with E-state index in [1.54, 1.807) is 33.8 Å². The van der Waals surface area contributed by atoms with Crippen LogP contribution >= 0.6 is 0 Å². The van der Waals surface area contributed by atoms with Crippen LogP contribution in [0.1, 0.15) is 33.9 Å². The lowest BCUT2D eigenvalue weighted by molar-refractivity contribution is -0.142. The maximum atomic E-state index is 12.1. The van der Waals surface area contributed by atoms with Crippen LogP contribution in [0.4, 0.5) is 26.3 Å². The Bertz CT molecular complexity index is 684. The van der Waals surface area contributed by atoms with Gasteiger partial charge in [0.25, 0.3) is 0 Å². The second-order valence-corrected chi connectivity index (χ2v) is 5.27. The number of hydrogen-bond acceptors (Lipinski definition) is 2. The van der Waals surface area contributed by atoms with E-state index in [2.05, 4.69) is 9.97 Å². The van der Waals surface area contributed by atoms with Gasteiger partial charge in [0.15, 0.2) is 0 Å². The van der Waals surface area contributed by atoms with Crippen LogP contribution in [0.15, 0.2) is 24.3 Å². The lowest BCUT2D eigenvalue weighted by Gasteiger charge is -2.06. The molecule has 132 valence electrons. The van der Waals surface area contributed by atoms with Gasteiger partial charge in [-0.3, -0.25) is 0 Å². The summed E-state index contributed by atoms with van der Waals surface area (Å²) < 4.78 is 72.4. The quantitative estimate of drug-likeness (QED) is 0.592. The van der Waals surface area contributed by atoms with Gasteiger partial charge >= 0.3 is 12.4 Å². The highest BCUT2D eigenvalue weighted by atomic mass is 19.4. The number of pyridine rings is 2. The maximum Gasteiger partial charge on any atom is 0.433 e. The van der Waals surface area contributed by atoms with E-state index in [9.17, 15) is 26.3 Å². The first-order chi connectivity index (χ1) is 10.8. The number of hydrogen-bond donors (Lipinski definition) is 0. The van der Waals surface area contributed by atoms with Crippen molar-refractivity contribution in [3.05, 3.63) is 58.2 Å². The zero-order valence-corrected chi connectivity index (χ0v) is 13.5. The Labute approximate surface area is 135 Å². The van der Waals surface area contributed by atoms with E-state index in [0.29, 0.717) is 17.0 Å². The van der Waals surface area contributed by atoms with Crippen LogP contribution in [-0.2, 0) is 12.4 Å². The Morgan fingerprint density at radius 2 is 1.25 bits per heavy atom. The van der Waals surface area contributed by atoms with E-state index < -0.39 is 23.7 Å². The fourth-order valence-corrected chi connectivity index (χ4v) is 1.78. The molecule has 24 heavy (non-hydrogen) atoms. The SMILES string of the molecule is Cc1cc(C)nc(C(F)(F)F)c1.Cc1ccc(C(F)(F)F)nc1C. The zero-order chi connectivity index (χ0) is 18.7. The van der Waals surface area contributed by atoms with Gasteiger partial charge in [0.2, 0.25) is 0 Å². The number of halogens is 6. The van der Waals surface area contributed by atoms with E-state index in [4.69, 9.17) is 0 Å². The van der Waals surface area contributed by atoms with Crippen molar-refractivity contribution in [3.8, 4) is 0 Å². The predicted octanol–water partition coefficient (Wildman–Crippen LogP) is 5.43. The molecule has 8 heteroatoms. The minimum absolute atomic E-state index is 0.391. The largest absolute Gasteiger partial charge is 0.433 e. The predicted molar refractivity (Wildman–Crippen MR) is 77.4 cm³/mol. The summed E-state index contributed by atoms with van der Waals surface area (Å²) in [5, 5.41) is 0. The van der Waals surface area contributed by atoms with Crippen LogP contribution in [0.2, 0.25) is 0 Å². The Kier molecular flexibility index (Phi) is 5.97. The fraction of sp³-hybridized carbons (Fsp3) is 0.375. The molecule has 0 aliphatic heterocycles. The molecule has 0 fully saturated rings. The van der Waals surface area contributed by atoms with E-state index in [1.165, 1.54) is 6.07 Å². The smallest absolute Gasteiger partial charge is 0.249 e. The molecule has 0 radical (unpaired) electrons. The van der Waals surface area contributed by atoms with Gasteiger partial charge in [-0.1, -0.05) is 6.07 Å². The average molecular weight is 350 g/mol. The van der Waals surface area contributed by atoms with Crippen molar-refractivity contribution in [2.45, 2.75) is 40.0 Å². The van der Waals surface area contributed by atoms with Gasteiger partial charge in [-0.15, -0.1) is 0 Å². The molecule has 2 nitrogen and oxygen atoms in total. The van der Waals surface area contributed by atoms with Crippen LogP contribution in [-0.4, -0.2) is 9.97 Å². The third kappa shape index (κ3) is 5.82. The van der Waals surface area contributed by atoms with Crippen molar-refractivity contribution < 1.29 is 26.3 Å². The maximum absolute atomic E-state index is 12.1. The molecular formula is C16H16F6N2. The summed E-state index contributed by atoms with van der Waals surface area (Å²) in [6.45, 7) is 6.44. The Morgan fingerprint density at radius 3 is 1.67 bits per heavy atom. The molecule has 2 heterocycles. The molecule has 0 N–H and O–H groups in total. The topological polar surface area (TPSA) is 25.8 Å². The molecule has 0 bridgehead atoms. The lowest BCUT2D eigenvalue weighted by Crippen LogP contribution is -2.08. The summed E-state index contributed by atoms with van der Waals surface area (Å²) in [5.74, 6) is 0. The Balaban J connectivity index is 0.000000240. The molecule has 0 aliphatic carbocycles. The van der Waals surface area contributed by atoms with Gasteiger partial charge in [-0.25, -0.2) is 9.97 Å². The number of alkyl halides is 6. The van der Waals surface area contributed by atoms with Crippen molar-refractivity contribution in [1.82, 2.24) is 9.97 Å². The summed E-state index contributed by atoms with van der Waals surface area (Å²) in [6.07, 6.45) is -8.67. The summed E-state index contributed by atoms with van der Waals surface area (Å²) in [7, 11) is 0. The van der Waals surface area contributed by atoms with E-state index in [-0.39, 0.29) is 0 Å². The summed E-state index contributed by atoms with van der Waals surface area (Å²) in [6, 6.07) is 5.05. The van der Waals surface area contributed by atoms with E-state index >= 15 is 0 Å². The molecular weight excluding hydrogens is 334 g/mol. The molecule has 2 aromatic heterocycles. The van der Waals surface area contributed by atoms with E-state index in [1.807, 2.05) is 0 Å². The highest BCUT2D eigenvalue weighted by Gasteiger charge is 2.33. The van der Waals surface area contributed by atoms with Gasteiger partial charge in [-0.05, 0) is 57.0 Å². The van der Waals surface area contributed by atoms with Crippen molar-refractivity contribution >= 4 is 0 Å². The number of nitrogens with zero attached hydrogens (tertiary/aromatic N) is 2. The number of aromatic nitrogens is 2. The van der Waals surface area contributed by atoms with Gasteiger partial charge < -0.3 is 0 Å². The van der Waals surface area contributed by atoms with Crippen LogP contribution < -0.4 is 0 Å². The number of aryl methyl sites for hydroxylation is 4. The van der Waals surface area contributed by atoms with Gasteiger partial charge in [0, 0.05) is 11.4 Å². The molecule has 0 saturated carbocycles. The van der Waals surface area contributed by atoms with Crippen molar-refractivity contribution in [3.63, 3.8) is 0 Å². The van der Waals surface area contributed by atoms with Crippen LogP contribution in [0.3, 0.4) is 0 Å². The molecule has 0 aromatic carbocycles. The first-order valence-electron chi connectivity index (χ1n) is 6.84. The molecule has 0 amide bonds. The fourth-order valence-electron chi connectivity index (χ4n) is 1.78. The molecule has 0 atom stereocenters. The highest BCUT2D eigenvalue weighted by Crippen LogP contribution is 2.28. The monoisotopic (exact) mass is 350 g/mol. The summed E-state index contributed by atoms with van der Waals surface area (Å²) in [5.41, 5.74) is 0.510. The van der Waals surface area contributed by atoms with Gasteiger partial charge in [0.05, 0.1) is 0 Å². The number of rotatable bonds is 0. The minimum atomic E-state index is -4.34. The molecule has 0 unspecified atom stereocenters. The average Bonchev–Trinajstić information content (AvgIpc) is 2.39. The summed E-state index contributed by atoms with van der Waals surface area (Å²) in [4.78, 5) is 6.80. The van der Waals surface area contributed by atoms with Gasteiger partial charge in [0.1, 0.15) is 11.4 Å². The van der Waals surface area contributed by atoms with Crippen LogP contribution in [0.25, 0.3) is 0 Å². The Morgan fingerprint density at radius 1 is 0.708 bits per heavy atom. The zero-order valence-electron chi connectivity index (χ0n) is 13.5. The second kappa shape index (κ2) is 7.19. The molecule has 0 saturated heterocycles. The standard InChI is InChI=1S/2C8H8F3N/c1-5-3-6(2)12-7(4-5)8(9,10)11;1-5-3-4-7(8(9,10)11)12-6(5)2/h2*3-4H,1-2H3. The normalized spacial score (nSPS) is 11.8. The Hall–Kier alpha value is -2.12. The van der Waals surface area contributed by atoms with Crippen molar-refractivity contribution in [2.75, 3.05) is 0 Å². The summed E-state index contributed by atoms with van der Waals surface area (Å²) >= 11 is 0. The highest BCUT2D eigenvalue weighted by molar-refractivity contribution is 5.22. The van der Waals surface area contributed by atoms with Crippen LogP contribution in [0.5, 0.6) is 0 Å². The van der Waals surface area contributed by atoms with Crippen molar-refractivity contribution in [2.24, 2.45) is 0 Å². The first kappa shape index (κ1) is 19.9. The molecule has 2 rings (SSSR count). The second-order valence-electron chi connectivity index (χ2n) is 5.27. The van der Waals surface area contributed by atoms with Crippen LogP contribution in [0, 0.1) is 27.7 Å². The van der Waals surface area contributed by atoms with Crippen molar-refractivity contribution in [1.29, 1.82) is 0 Å². The molecule has 0 aliphatic rings. The molecule has 0 spiro atoms. The van der Waals surface area contributed by atoms with Gasteiger partial charge in [-0.2, -0.15) is 26.3 Å². The first-order valence-corrected chi connectivity index (χ1v) is 6.84.